The first-order chi connectivity index (χ1) is 6.56. The van der Waals surface area contributed by atoms with Crippen molar-refractivity contribution >= 4 is 0 Å². The van der Waals surface area contributed by atoms with Crippen LogP contribution in [0.4, 0.5) is 0 Å². The van der Waals surface area contributed by atoms with E-state index in [1.165, 1.54) is 6.92 Å². The predicted molar refractivity (Wildman–Crippen MR) is 47.4 cm³/mol. The van der Waals surface area contributed by atoms with Crippen molar-refractivity contribution in [2.75, 3.05) is 13.2 Å². The number of aliphatic hydroxyl groups is 4. The van der Waals surface area contributed by atoms with Crippen LogP contribution in [0.25, 0.3) is 0 Å². The number of nitrogens with one attached hydrogen (secondary N) is 1. The van der Waals surface area contributed by atoms with E-state index in [-0.39, 0.29) is 13.2 Å². The quantitative estimate of drug-likeness (QED) is 0.325. The van der Waals surface area contributed by atoms with Crippen LogP contribution < -0.4 is 5.32 Å². The Morgan fingerprint density at radius 1 is 1.43 bits per heavy atom. The average Bonchev–Trinajstić information content (AvgIpc) is 2.13. The molecule has 0 saturated carbocycles. The van der Waals surface area contributed by atoms with Gasteiger partial charge < -0.3 is 25.2 Å². The molecule has 0 amide bonds. The van der Waals surface area contributed by atoms with Gasteiger partial charge in [-0.05, 0) is 6.92 Å². The fourth-order valence-corrected chi connectivity index (χ4v) is 1.50. The van der Waals surface area contributed by atoms with Gasteiger partial charge in [0.15, 0.2) is 0 Å². The van der Waals surface area contributed by atoms with E-state index in [2.05, 4.69) is 5.32 Å². The number of aliphatic hydroxyl groups excluding tert-OH is 4. The van der Waals surface area contributed by atoms with Crippen molar-refractivity contribution in [1.82, 2.24) is 5.32 Å². The van der Waals surface area contributed by atoms with E-state index in [1.807, 2.05) is 0 Å². The topological polar surface area (TPSA) is 102 Å². The van der Waals surface area contributed by atoms with Gasteiger partial charge in [0.25, 0.3) is 0 Å². The Kier molecular flexibility index (Phi) is 4.24. The third-order valence-electron chi connectivity index (χ3n) is 2.27. The molecule has 1 saturated heterocycles. The molecule has 0 aliphatic carbocycles. The Morgan fingerprint density at radius 3 is 2.57 bits per heavy atom. The standard InChI is InChI=1S/C8H17NO5/c1-4(11)9-5-3-14-6(2-10)8(13)7(5)12/h4-13H,2-3H2,1H3. The Hall–Kier alpha value is -0.240. The van der Waals surface area contributed by atoms with Crippen molar-refractivity contribution in [3.8, 4) is 0 Å². The first-order valence-corrected chi connectivity index (χ1v) is 4.59. The SMILES string of the molecule is CC(O)NC1COC(CO)C(O)C1O. The molecule has 5 atom stereocenters. The third-order valence-corrected chi connectivity index (χ3v) is 2.27. The second-order valence-electron chi connectivity index (χ2n) is 3.48. The van der Waals surface area contributed by atoms with Crippen LogP contribution in [0.3, 0.4) is 0 Å². The molecule has 1 aliphatic rings. The molecule has 0 radical (unpaired) electrons. The van der Waals surface area contributed by atoms with Gasteiger partial charge in [-0.2, -0.15) is 0 Å². The van der Waals surface area contributed by atoms with Crippen LogP contribution in [-0.2, 0) is 4.74 Å². The first kappa shape index (κ1) is 11.8. The summed E-state index contributed by atoms with van der Waals surface area (Å²) in [5.74, 6) is 0. The third kappa shape index (κ3) is 2.63. The van der Waals surface area contributed by atoms with Gasteiger partial charge in [-0.25, -0.2) is 0 Å². The van der Waals surface area contributed by atoms with Gasteiger partial charge in [0, 0.05) is 0 Å². The molecule has 5 unspecified atom stereocenters. The molecule has 5 N–H and O–H groups in total. The molecular weight excluding hydrogens is 190 g/mol. The van der Waals surface area contributed by atoms with Gasteiger partial charge in [-0.3, -0.25) is 5.32 Å². The largest absolute Gasteiger partial charge is 0.394 e. The molecule has 0 aromatic carbocycles. The highest BCUT2D eigenvalue weighted by Crippen LogP contribution is 2.15. The van der Waals surface area contributed by atoms with Crippen molar-refractivity contribution in [3.63, 3.8) is 0 Å². The average molecular weight is 207 g/mol. The van der Waals surface area contributed by atoms with Crippen LogP contribution in [0.2, 0.25) is 0 Å². The summed E-state index contributed by atoms with van der Waals surface area (Å²) in [6.45, 7) is 1.32. The van der Waals surface area contributed by atoms with Crippen LogP contribution in [0.5, 0.6) is 0 Å². The van der Waals surface area contributed by atoms with Gasteiger partial charge in [0.2, 0.25) is 0 Å². The van der Waals surface area contributed by atoms with Crippen LogP contribution in [-0.4, -0.2) is 64.2 Å². The molecule has 6 nitrogen and oxygen atoms in total. The van der Waals surface area contributed by atoms with Crippen molar-refractivity contribution in [3.05, 3.63) is 0 Å². The van der Waals surface area contributed by atoms with Crippen molar-refractivity contribution in [2.45, 2.75) is 37.5 Å². The second-order valence-corrected chi connectivity index (χ2v) is 3.48. The molecule has 0 aromatic rings. The Balaban J connectivity index is 2.50. The van der Waals surface area contributed by atoms with Crippen LogP contribution in [0.1, 0.15) is 6.92 Å². The van der Waals surface area contributed by atoms with Crippen LogP contribution >= 0.6 is 0 Å². The van der Waals surface area contributed by atoms with E-state index in [0.29, 0.717) is 0 Å². The minimum atomic E-state index is -1.13. The van der Waals surface area contributed by atoms with Crippen LogP contribution in [0.15, 0.2) is 0 Å². The highest BCUT2D eigenvalue weighted by molar-refractivity contribution is 4.90. The highest BCUT2D eigenvalue weighted by Gasteiger charge is 2.38. The maximum absolute atomic E-state index is 9.57. The zero-order valence-electron chi connectivity index (χ0n) is 8.00. The number of ether oxygens (including phenoxy) is 1. The minimum absolute atomic E-state index is 0.147. The predicted octanol–water partition coefficient (Wildman–Crippen LogP) is -2.60. The lowest BCUT2D eigenvalue weighted by atomic mass is 9.98. The summed E-state index contributed by atoms with van der Waals surface area (Å²) in [7, 11) is 0. The molecule has 1 rings (SSSR count). The molecule has 0 bridgehead atoms. The zero-order valence-corrected chi connectivity index (χ0v) is 8.00. The fraction of sp³-hybridized carbons (Fsp3) is 1.00. The van der Waals surface area contributed by atoms with E-state index in [4.69, 9.17) is 14.9 Å². The number of rotatable bonds is 3. The van der Waals surface area contributed by atoms with Crippen molar-refractivity contribution in [2.24, 2.45) is 0 Å². The highest BCUT2D eigenvalue weighted by atomic mass is 16.5. The Bertz CT molecular complexity index is 177. The lowest BCUT2D eigenvalue weighted by molar-refractivity contribution is -0.166. The lowest BCUT2D eigenvalue weighted by Gasteiger charge is -2.37. The fourth-order valence-electron chi connectivity index (χ4n) is 1.50. The van der Waals surface area contributed by atoms with Gasteiger partial charge in [-0.1, -0.05) is 0 Å². The number of hydrogen-bond acceptors (Lipinski definition) is 6. The minimum Gasteiger partial charge on any atom is -0.394 e. The summed E-state index contributed by atoms with van der Waals surface area (Å²) in [4.78, 5) is 0. The van der Waals surface area contributed by atoms with E-state index in [9.17, 15) is 10.2 Å². The zero-order chi connectivity index (χ0) is 10.7. The molecule has 1 aliphatic heterocycles. The molecule has 1 heterocycles. The summed E-state index contributed by atoms with van der Waals surface area (Å²) in [6, 6.07) is -0.521. The van der Waals surface area contributed by atoms with Crippen molar-refractivity contribution < 1.29 is 25.2 Å². The lowest BCUT2D eigenvalue weighted by Crippen LogP contribution is -2.60. The van der Waals surface area contributed by atoms with Gasteiger partial charge >= 0.3 is 0 Å². The van der Waals surface area contributed by atoms with E-state index < -0.39 is 30.6 Å². The van der Waals surface area contributed by atoms with Gasteiger partial charge in [0.1, 0.15) is 24.5 Å². The smallest absolute Gasteiger partial charge is 0.110 e. The molecule has 6 heteroatoms. The normalized spacial score (nSPS) is 40.9. The molecule has 14 heavy (non-hydrogen) atoms. The van der Waals surface area contributed by atoms with Crippen molar-refractivity contribution in [1.29, 1.82) is 0 Å². The van der Waals surface area contributed by atoms with E-state index in [1.54, 1.807) is 0 Å². The number of hydrogen-bond donors (Lipinski definition) is 5. The van der Waals surface area contributed by atoms with Gasteiger partial charge in [0.05, 0.1) is 19.3 Å². The summed E-state index contributed by atoms with van der Waals surface area (Å²) in [5.41, 5.74) is 0. The maximum Gasteiger partial charge on any atom is 0.110 e. The van der Waals surface area contributed by atoms with Crippen LogP contribution in [0, 0.1) is 0 Å². The van der Waals surface area contributed by atoms with E-state index >= 15 is 0 Å². The summed E-state index contributed by atoms with van der Waals surface area (Å²) in [5, 5.41) is 39.5. The van der Waals surface area contributed by atoms with Gasteiger partial charge in [-0.15, -0.1) is 0 Å². The molecule has 0 aromatic heterocycles. The summed E-state index contributed by atoms with van der Waals surface area (Å²) in [6.07, 6.45) is -3.71. The monoisotopic (exact) mass is 207 g/mol. The Morgan fingerprint density at radius 2 is 2.07 bits per heavy atom. The first-order valence-electron chi connectivity index (χ1n) is 4.59. The second kappa shape index (κ2) is 5.01. The molecular formula is C8H17NO5. The molecule has 0 spiro atoms. The summed E-state index contributed by atoms with van der Waals surface area (Å²) < 4.78 is 5.09. The van der Waals surface area contributed by atoms with E-state index in [0.717, 1.165) is 0 Å². The Labute approximate surface area is 82.1 Å². The maximum atomic E-state index is 9.57. The molecule has 84 valence electrons. The summed E-state index contributed by atoms with van der Waals surface area (Å²) >= 11 is 0. The molecule has 1 fully saturated rings.